The van der Waals surface area contributed by atoms with Crippen LogP contribution in [0.2, 0.25) is 0 Å². The number of aliphatic hydroxyl groups is 1. The van der Waals surface area contributed by atoms with Crippen LogP contribution in [0.15, 0.2) is 60.7 Å². The molecule has 49 heavy (non-hydrogen) atoms. The van der Waals surface area contributed by atoms with Crippen LogP contribution in [0.3, 0.4) is 0 Å². The van der Waals surface area contributed by atoms with Gasteiger partial charge >= 0.3 is 0 Å². The third kappa shape index (κ3) is 7.34. The molecule has 7 rings (SSSR count). The summed E-state index contributed by atoms with van der Waals surface area (Å²) in [5.74, 6) is 0.649. The highest BCUT2D eigenvalue weighted by molar-refractivity contribution is 5.92. The minimum atomic E-state index is -1.45. The van der Waals surface area contributed by atoms with Crippen molar-refractivity contribution in [1.29, 1.82) is 5.26 Å². The Morgan fingerprint density at radius 3 is 2.67 bits per heavy atom. The summed E-state index contributed by atoms with van der Waals surface area (Å²) in [7, 11) is 0. The standard InChI is InChI=1S/C33H38FN11O4/c34-27-17-44(32(47)28-18-45(13-14-46)41-40-28)8-7-30(27)49-29-6-1-22(15-23(29)16-35)31-36-21-37-33(39-31)38-24-2-4-25(5-3-24)42-9-11-43(12-10-42)26-19-48-20-26/h1-6,15,18,21,26-27,30,40-41,46H,7-14,17,19-20H2,(H,36,37,38,39)/p+1. The molecule has 3 fully saturated rings. The van der Waals surface area contributed by atoms with Crippen molar-refractivity contribution in [2.75, 3.05) is 75.9 Å². The van der Waals surface area contributed by atoms with Gasteiger partial charge < -0.3 is 29.7 Å². The molecule has 2 atom stereocenters. The number of carbonyl (C=O) groups is 1. The predicted molar refractivity (Wildman–Crippen MR) is 176 cm³/mol. The fourth-order valence-electron chi connectivity index (χ4n) is 6.31. The van der Waals surface area contributed by atoms with Gasteiger partial charge in [0.15, 0.2) is 17.7 Å². The Hall–Kier alpha value is -5.08. The molecule has 15 nitrogen and oxygen atoms in total. The molecule has 0 radical (unpaired) electrons. The number of hydrogen-bond acceptors (Lipinski definition) is 13. The van der Waals surface area contributed by atoms with E-state index in [0.717, 1.165) is 45.1 Å². The van der Waals surface area contributed by atoms with Crippen molar-refractivity contribution in [3.63, 3.8) is 0 Å². The van der Waals surface area contributed by atoms with E-state index in [1.807, 2.05) is 12.1 Å². The Morgan fingerprint density at radius 2 is 1.96 bits per heavy atom. The van der Waals surface area contributed by atoms with Gasteiger partial charge in [0.25, 0.3) is 5.91 Å². The topological polar surface area (TPSA) is 172 Å². The zero-order valence-electron chi connectivity index (χ0n) is 26.9. The number of piperidine rings is 1. The SMILES string of the molecule is N#Cc1cc(-c2ncnc(Nc3ccc(N4CCN(C5COC5)CC4)cc3)n2)ccc1OC1CCN(C(=O)C2=CN(CCO)[NH2+]N2)CC1F. The molecule has 4 aliphatic rings. The minimum absolute atomic E-state index is 0.0593. The summed E-state index contributed by atoms with van der Waals surface area (Å²) in [6.45, 7) is 6.14. The largest absolute Gasteiger partial charge is 0.486 e. The number of anilines is 3. The molecule has 4 aliphatic heterocycles. The summed E-state index contributed by atoms with van der Waals surface area (Å²) < 4.78 is 26.6. The molecule has 0 aliphatic carbocycles. The first-order chi connectivity index (χ1) is 24.0. The smallest absolute Gasteiger partial charge is 0.277 e. The van der Waals surface area contributed by atoms with E-state index in [0.29, 0.717) is 42.2 Å². The second kappa shape index (κ2) is 14.6. The number of β-amino-alcohol motifs (C(OH)–C–C–N with tert-alkyl or cyclic N) is 1. The lowest BCUT2D eigenvalue weighted by Gasteiger charge is -2.43. The molecule has 16 heteroatoms. The first-order valence-electron chi connectivity index (χ1n) is 16.4. The van der Waals surface area contributed by atoms with Crippen LogP contribution in [0.25, 0.3) is 11.4 Å². The van der Waals surface area contributed by atoms with E-state index in [-0.39, 0.29) is 36.8 Å². The summed E-state index contributed by atoms with van der Waals surface area (Å²) in [5, 5.41) is 23.9. The Labute approximate surface area is 282 Å². The number of quaternary nitrogens is 1. The van der Waals surface area contributed by atoms with E-state index in [2.05, 4.69) is 53.7 Å². The van der Waals surface area contributed by atoms with Crippen LogP contribution in [0.4, 0.5) is 21.7 Å². The molecule has 5 heterocycles. The minimum Gasteiger partial charge on any atom is -0.486 e. The number of ether oxygens (including phenoxy) is 2. The molecular formula is C33H39FN11O4+. The summed E-state index contributed by atoms with van der Waals surface area (Å²) in [6, 6.07) is 15.8. The number of nitrogens with two attached hydrogens (primary N) is 1. The fourth-order valence-corrected chi connectivity index (χ4v) is 6.31. The highest BCUT2D eigenvalue weighted by atomic mass is 19.1. The Kier molecular flexibility index (Phi) is 9.66. The van der Waals surface area contributed by atoms with Gasteiger partial charge in [-0.15, -0.1) is 5.53 Å². The molecule has 0 spiro atoms. The van der Waals surface area contributed by atoms with Gasteiger partial charge in [0, 0.05) is 56.1 Å². The number of amides is 1. The highest BCUT2D eigenvalue weighted by Crippen LogP contribution is 2.29. The summed E-state index contributed by atoms with van der Waals surface area (Å²) in [6.07, 6.45) is 0.981. The maximum absolute atomic E-state index is 15.3. The Bertz CT molecular complexity index is 1710. The molecule has 1 aromatic heterocycles. The number of aromatic nitrogens is 3. The molecule has 3 aromatic rings. The van der Waals surface area contributed by atoms with E-state index in [1.165, 1.54) is 16.9 Å². The van der Waals surface area contributed by atoms with Crippen molar-refractivity contribution in [2.45, 2.75) is 24.7 Å². The van der Waals surface area contributed by atoms with Gasteiger partial charge in [0.05, 0.1) is 50.7 Å². The number of benzene rings is 2. The Balaban J connectivity index is 0.948. The number of carbonyl (C=O) groups excluding carboxylic acids is 1. The van der Waals surface area contributed by atoms with E-state index >= 15 is 4.39 Å². The van der Waals surface area contributed by atoms with Gasteiger partial charge in [0.2, 0.25) is 5.95 Å². The summed E-state index contributed by atoms with van der Waals surface area (Å²) in [5.41, 5.74) is 7.57. The first-order valence-corrected chi connectivity index (χ1v) is 16.4. The quantitative estimate of drug-likeness (QED) is 0.214. The average molecular weight is 673 g/mol. The van der Waals surface area contributed by atoms with E-state index in [9.17, 15) is 10.1 Å². The number of rotatable bonds is 10. The van der Waals surface area contributed by atoms with Gasteiger partial charge in [-0.25, -0.2) is 24.8 Å². The van der Waals surface area contributed by atoms with Crippen molar-refractivity contribution < 1.29 is 29.3 Å². The van der Waals surface area contributed by atoms with Gasteiger partial charge in [-0.1, -0.05) is 0 Å². The molecular weight excluding hydrogens is 633 g/mol. The number of halogens is 1. The molecule has 0 bridgehead atoms. The highest BCUT2D eigenvalue weighted by Gasteiger charge is 2.36. The number of likely N-dealkylation sites (tertiary alicyclic amines) is 1. The van der Waals surface area contributed by atoms with Crippen LogP contribution in [0.5, 0.6) is 5.75 Å². The number of nitrogens with zero attached hydrogens (tertiary/aromatic N) is 8. The van der Waals surface area contributed by atoms with Crippen molar-refractivity contribution in [2.24, 2.45) is 0 Å². The monoisotopic (exact) mass is 672 g/mol. The van der Waals surface area contributed by atoms with E-state index in [4.69, 9.17) is 14.6 Å². The van der Waals surface area contributed by atoms with Crippen molar-refractivity contribution in [3.8, 4) is 23.2 Å². The summed E-state index contributed by atoms with van der Waals surface area (Å²) in [4.78, 5) is 32.3. The Morgan fingerprint density at radius 1 is 1.14 bits per heavy atom. The van der Waals surface area contributed by atoms with Crippen LogP contribution in [0.1, 0.15) is 12.0 Å². The lowest BCUT2D eigenvalue weighted by molar-refractivity contribution is -0.822. The lowest BCUT2D eigenvalue weighted by atomic mass is 10.0. The lowest BCUT2D eigenvalue weighted by Crippen LogP contribution is -2.97. The second-order valence-electron chi connectivity index (χ2n) is 12.3. The number of hydrogen-bond donors (Lipinski definition) is 4. The van der Waals surface area contributed by atoms with Gasteiger partial charge in [0.1, 0.15) is 24.3 Å². The maximum atomic E-state index is 15.3. The number of aliphatic hydroxyl groups excluding tert-OH is 1. The van der Waals surface area contributed by atoms with Crippen molar-refractivity contribution in [1.82, 2.24) is 35.2 Å². The second-order valence-corrected chi connectivity index (χ2v) is 12.3. The fraction of sp³-hybridized carbons (Fsp3) is 0.424. The molecule has 2 aromatic carbocycles. The molecule has 1 amide bonds. The predicted octanol–water partition coefficient (Wildman–Crippen LogP) is 0.125. The number of piperazine rings is 1. The zero-order chi connectivity index (χ0) is 33.7. The van der Waals surface area contributed by atoms with Crippen LogP contribution in [-0.2, 0) is 9.53 Å². The normalized spacial score (nSPS) is 21.4. The first kappa shape index (κ1) is 32.5. The van der Waals surface area contributed by atoms with Crippen LogP contribution >= 0.6 is 0 Å². The van der Waals surface area contributed by atoms with E-state index in [1.54, 1.807) is 34.9 Å². The number of nitriles is 1. The summed E-state index contributed by atoms with van der Waals surface area (Å²) >= 11 is 0. The van der Waals surface area contributed by atoms with Crippen LogP contribution in [0, 0.1) is 11.3 Å². The van der Waals surface area contributed by atoms with Crippen molar-refractivity contribution >= 4 is 23.2 Å². The van der Waals surface area contributed by atoms with Gasteiger partial charge in [-0.05, 0) is 42.5 Å². The van der Waals surface area contributed by atoms with Gasteiger partial charge in [-0.3, -0.25) is 9.69 Å². The molecule has 0 saturated carbocycles. The van der Waals surface area contributed by atoms with Crippen molar-refractivity contribution in [3.05, 3.63) is 66.3 Å². The average Bonchev–Trinajstić information content (AvgIpc) is 3.58. The van der Waals surface area contributed by atoms with E-state index < -0.39 is 12.3 Å². The van der Waals surface area contributed by atoms with Crippen LogP contribution in [-0.4, -0.2) is 125 Å². The number of alkyl halides is 1. The molecule has 2 unspecified atom stereocenters. The zero-order valence-corrected chi connectivity index (χ0v) is 26.9. The molecule has 256 valence electrons. The maximum Gasteiger partial charge on any atom is 0.277 e. The molecule has 3 saturated heterocycles. The molecule has 5 N–H and O–H groups in total. The number of nitrogens with one attached hydrogen (secondary N) is 2. The third-order valence-electron chi connectivity index (χ3n) is 9.19. The van der Waals surface area contributed by atoms with Crippen LogP contribution < -0.4 is 25.9 Å². The third-order valence-corrected chi connectivity index (χ3v) is 9.19. The van der Waals surface area contributed by atoms with Gasteiger partial charge in [-0.2, -0.15) is 10.2 Å².